The topological polar surface area (TPSA) is 80.9 Å². The molecular weight excluding hydrogens is 465 g/mol. The summed E-state index contributed by atoms with van der Waals surface area (Å²) in [4.78, 5) is 22.3. The molecule has 0 unspecified atom stereocenters. The summed E-state index contributed by atoms with van der Waals surface area (Å²) < 4.78 is 44.0. The Morgan fingerprint density at radius 3 is 2.38 bits per heavy atom. The predicted octanol–water partition coefficient (Wildman–Crippen LogP) is 6.87. The lowest BCUT2D eigenvalue weighted by atomic mass is 10.1. The number of aryl methyl sites for hydroxylation is 2. The summed E-state index contributed by atoms with van der Waals surface area (Å²) in [5, 5.41) is 7.38. The van der Waals surface area contributed by atoms with Gasteiger partial charge in [0.2, 0.25) is 0 Å². The lowest BCUT2D eigenvalue weighted by molar-refractivity contribution is -0.137. The number of carbonyl (C=O) groups excluding carboxylic acids is 1. The van der Waals surface area contributed by atoms with E-state index in [-0.39, 0.29) is 11.8 Å². The Morgan fingerprint density at radius 1 is 1.06 bits per heavy atom. The number of anilines is 1. The fourth-order valence-electron chi connectivity index (χ4n) is 3.29. The quantitative estimate of drug-likeness (QED) is 0.333. The van der Waals surface area contributed by atoms with Gasteiger partial charge in [-0.1, -0.05) is 43.3 Å². The summed E-state index contributed by atoms with van der Waals surface area (Å²) in [6, 6.07) is 10.2. The Labute approximate surface area is 197 Å². The number of rotatable bonds is 5. The Hall–Kier alpha value is -3.53. The van der Waals surface area contributed by atoms with Crippen molar-refractivity contribution in [3.05, 3.63) is 70.0 Å². The molecule has 34 heavy (non-hydrogen) atoms. The minimum Gasteiger partial charge on any atom is -0.334 e. The van der Waals surface area contributed by atoms with Gasteiger partial charge < -0.3 is 9.84 Å². The Morgan fingerprint density at radius 2 is 1.76 bits per heavy atom. The van der Waals surface area contributed by atoms with E-state index in [0.717, 1.165) is 29.0 Å². The van der Waals surface area contributed by atoms with Crippen LogP contribution < -0.4 is 5.32 Å². The molecule has 0 saturated heterocycles. The normalized spacial score (nSPS) is 11.8. The minimum absolute atomic E-state index is 0.0869. The fourth-order valence-corrected chi connectivity index (χ4v) is 4.26. The van der Waals surface area contributed by atoms with Crippen LogP contribution in [0.1, 0.15) is 52.1 Å². The maximum absolute atomic E-state index is 13.2. The molecule has 2 aromatic carbocycles. The van der Waals surface area contributed by atoms with Gasteiger partial charge in [-0.05, 0) is 37.6 Å². The van der Waals surface area contributed by atoms with Crippen molar-refractivity contribution in [2.24, 2.45) is 0 Å². The number of hydrogen-bond donors (Lipinski definition) is 1. The Kier molecular flexibility index (Phi) is 6.26. The van der Waals surface area contributed by atoms with E-state index < -0.39 is 11.7 Å². The number of nitrogens with zero attached hydrogens (tertiary/aromatic N) is 3. The lowest BCUT2D eigenvalue weighted by Crippen LogP contribution is -2.13. The molecular formula is C24H21F3N4O2S. The summed E-state index contributed by atoms with van der Waals surface area (Å²) >= 11 is 1.11. The first-order valence-electron chi connectivity index (χ1n) is 10.4. The van der Waals surface area contributed by atoms with Gasteiger partial charge in [0.15, 0.2) is 5.82 Å². The lowest BCUT2D eigenvalue weighted by Gasteiger charge is -2.11. The molecule has 0 atom stereocenters. The molecule has 0 aliphatic heterocycles. The highest BCUT2D eigenvalue weighted by Crippen LogP contribution is 2.35. The molecule has 0 radical (unpaired) electrons. The molecule has 1 amide bonds. The van der Waals surface area contributed by atoms with Crippen LogP contribution in [0.2, 0.25) is 0 Å². The number of alkyl halides is 3. The molecule has 1 N–H and O–H groups in total. The van der Waals surface area contributed by atoms with Crippen molar-refractivity contribution in [2.45, 2.75) is 39.8 Å². The van der Waals surface area contributed by atoms with Crippen LogP contribution in [0, 0.1) is 13.8 Å². The standard InChI is InChI=1S/C24H21F3N4O2S/c1-12(2)20-30-22(33-31-20)17-7-5-6-13(3)18(17)29-21(32)19-14(4)28-23(34-19)15-8-10-16(11-9-15)24(25,26)27/h5-12H,1-4H3,(H,29,32). The summed E-state index contributed by atoms with van der Waals surface area (Å²) in [6.07, 6.45) is -4.41. The van der Waals surface area contributed by atoms with E-state index in [4.69, 9.17) is 4.52 Å². The molecule has 0 aliphatic carbocycles. The van der Waals surface area contributed by atoms with E-state index in [2.05, 4.69) is 20.4 Å². The highest BCUT2D eigenvalue weighted by Gasteiger charge is 2.30. The molecule has 4 aromatic rings. The average molecular weight is 487 g/mol. The molecule has 176 valence electrons. The van der Waals surface area contributed by atoms with Crippen LogP contribution in [0.3, 0.4) is 0 Å². The number of benzene rings is 2. The molecule has 4 rings (SSSR count). The molecule has 10 heteroatoms. The Bertz CT molecular complexity index is 1340. The van der Waals surface area contributed by atoms with E-state index >= 15 is 0 Å². The molecule has 2 aromatic heterocycles. The molecule has 0 fully saturated rings. The van der Waals surface area contributed by atoms with Crippen LogP contribution in [-0.4, -0.2) is 21.0 Å². The SMILES string of the molecule is Cc1cccc(-c2nc(C(C)C)no2)c1NC(=O)c1sc(-c2ccc(C(F)(F)F)cc2)nc1C. The van der Waals surface area contributed by atoms with Crippen LogP contribution in [0.15, 0.2) is 47.0 Å². The zero-order valence-electron chi connectivity index (χ0n) is 18.8. The third-order valence-electron chi connectivity index (χ3n) is 5.16. The Balaban J connectivity index is 1.62. The summed E-state index contributed by atoms with van der Waals surface area (Å²) in [7, 11) is 0. The fraction of sp³-hybridized carbons (Fsp3) is 0.250. The number of para-hydroxylation sites is 1. The predicted molar refractivity (Wildman–Crippen MR) is 124 cm³/mol. The summed E-state index contributed by atoms with van der Waals surface area (Å²) in [5.41, 5.74) is 2.18. The van der Waals surface area contributed by atoms with Crippen molar-refractivity contribution >= 4 is 22.9 Å². The van der Waals surface area contributed by atoms with E-state index in [1.807, 2.05) is 32.9 Å². The zero-order chi connectivity index (χ0) is 24.6. The van der Waals surface area contributed by atoms with Gasteiger partial charge in [0.25, 0.3) is 11.8 Å². The maximum Gasteiger partial charge on any atom is 0.416 e. The second kappa shape index (κ2) is 9.02. The number of amides is 1. The van der Waals surface area contributed by atoms with E-state index in [9.17, 15) is 18.0 Å². The van der Waals surface area contributed by atoms with Crippen LogP contribution in [0.25, 0.3) is 22.0 Å². The van der Waals surface area contributed by atoms with Crippen molar-refractivity contribution < 1.29 is 22.5 Å². The summed E-state index contributed by atoms with van der Waals surface area (Å²) in [5.74, 6) is 0.568. The summed E-state index contributed by atoms with van der Waals surface area (Å²) in [6.45, 7) is 7.44. The van der Waals surface area contributed by atoms with Crippen molar-refractivity contribution in [1.29, 1.82) is 0 Å². The van der Waals surface area contributed by atoms with Crippen LogP contribution in [-0.2, 0) is 6.18 Å². The number of nitrogens with one attached hydrogen (secondary N) is 1. The third kappa shape index (κ3) is 4.72. The average Bonchev–Trinajstić information content (AvgIpc) is 3.42. The van der Waals surface area contributed by atoms with Gasteiger partial charge in [-0.3, -0.25) is 4.79 Å². The van der Waals surface area contributed by atoms with Gasteiger partial charge in [-0.15, -0.1) is 11.3 Å². The van der Waals surface area contributed by atoms with E-state index in [0.29, 0.717) is 44.1 Å². The maximum atomic E-state index is 13.2. The first kappa shape index (κ1) is 23.6. The number of hydrogen-bond acceptors (Lipinski definition) is 6. The van der Waals surface area contributed by atoms with Gasteiger partial charge in [-0.25, -0.2) is 4.98 Å². The monoisotopic (exact) mass is 486 g/mol. The highest BCUT2D eigenvalue weighted by atomic mass is 32.1. The molecule has 6 nitrogen and oxygen atoms in total. The van der Waals surface area contributed by atoms with E-state index in [1.54, 1.807) is 13.0 Å². The minimum atomic E-state index is -4.41. The van der Waals surface area contributed by atoms with Gasteiger partial charge in [0.1, 0.15) is 9.88 Å². The number of halogens is 3. The van der Waals surface area contributed by atoms with Gasteiger partial charge in [-0.2, -0.15) is 18.2 Å². The van der Waals surface area contributed by atoms with Crippen molar-refractivity contribution in [2.75, 3.05) is 5.32 Å². The van der Waals surface area contributed by atoms with E-state index in [1.165, 1.54) is 12.1 Å². The van der Waals surface area contributed by atoms with Crippen molar-refractivity contribution in [3.63, 3.8) is 0 Å². The van der Waals surface area contributed by atoms with Crippen LogP contribution in [0.4, 0.5) is 18.9 Å². The van der Waals surface area contributed by atoms with Crippen molar-refractivity contribution in [1.82, 2.24) is 15.1 Å². The van der Waals surface area contributed by atoms with Gasteiger partial charge >= 0.3 is 6.18 Å². The second-order valence-electron chi connectivity index (χ2n) is 8.07. The van der Waals surface area contributed by atoms with Crippen molar-refractivity contribution in [3.8, 4) is 22.0 Å². The molecule has 0 bridgehead atoms. The molecule has 0 spiro atoms. The number of aromatic nitrogens is 3. The van der Waals surface area contributed by atoms with Crippen LogP contribution in [0.5, 0.6) is 0 Å². The molecule has 0 aliphatic rings. The zero-order valence-corrected chi connectivity index (χ0v) is 19.6. The smallest absolute Gasteiger partial charge is 0.334 e. The second-order valence-corrected chi connectivity index (χ2v) is 9.07. The van der Waals surface area contributed by atoms with Gasteiger partial charge in [0.05, 0.1) is 22.5 Å². The molecule has 2 heterocycles. The first-order chi connectivity index (χ1) is 16.0. The number of carbonyl (C=O) groups is 1. The molecule has 0 saturated carbocycles. The largest absolute Gasteiger partial charge is 0.416 e. The first-order valence-corrected chi connectivity index (χ1v) is 11.3. The highest BCUT2D eigenvalue weighted by molar-refractivity contribution is 7.17. The van der Waals surface area contributed by atoms with Gasteiger partial charge in [0, 0.05) is 11.5 Å². The van der Waals surface area contributed by atoms with Crippen LogP contribution >= 0.6 is 11.3 Å². The number of thiazole rings is 1. The third-order valence-corrected chi connectivity index (χ3v) is 6.37.